The van der Waals surface area contributed by atoms with Crippen LogP contribution in [0.15, 0.2) is 97.1 Å². The fourth-order valence-corrected chi connectivity index (χ4v) is 2.82. The lowest BCUT2D eigenvalue weighted by molar-refractivity contribution is 0.464. The van der Waals surface area contributed by atoms with Crippen LogP contribution in [0.25, 0.3) is 0 Å². The topological polar surface area (TPSA) is 27.7 Å². The Bertz CT molecular complexity index is 970. The molecule has 0 aliphatic heterocycles. The molecule has 0 atom stereocenters. The van der Waals surface area contributed by atoms with E-state index in [4.69, 9.17) is 37.4 Å². The lowest BCUT2D eigenvalue weighted by Gasteiger charge is -2.10. The quantitative estimate of drug-likeness (QED) is 0.312. The van der Waals surface area contributed by atoms with Crippen LogP contribution in [0, 0.1) is 0 Å². The normalized spacial score (nSPS) is 10.4. The van der Waals surface area contributed by atoms with Crippen molar-refractivity contribution in [3.8, 4) is 34.5 Å². The predicted molar refractivity (Wildman–Crippen MR) is 116 cm³/mol. The number of benzene rings is 4. The van der Waals surface area contributed by atoms with Crippen LogP contribution in [0.3, 0.4) is 0 Å². The number of hydrogen-bond donors (Lipinski definition) is 0. The zero-order chi connectivity index (χ0) is 20.1. The molecule has 4 aromatic rings. The first kappa shape index (κ1) is 19.2. The Morgan fingerprint density at radius 3 is 0.690 bits per heavy atom. The summed E-state index contributed by atoms with van der Waals surface area (Å²) in [4.78, 5) is 0. The molecule has 5 heteroatoms. The van der Waals surface area contributed by atoms with E-state index >= 15 is 0 Å². The summed E-state index contributed by atoms with van der Waals surface area (Å²) in [6.07, 6.45) is 0. The molecule has 0 saturated heterocycles. The molecule has 0 fully saturated rings. The van der Waals surface area contributed by atoms with Crippen LogP contribution < -0.4 is 14.2 Å². The van der Waals surface area contributed by atoms with Crippen LogP contribution >= 0.6 is 23.2 Å². The van der Waals surface area contributed by atoms with Gasteiger partial charge >= 0.3 is 0 Å². The first-order chi connectivity index (χ1) is 14.1. The van der Waals surface area contributed by atoms with Gasteiger partial charge in [0.15, 0.2) is 0 Å². The van der Waals surface area contributed by atoms with Gasteiger partial charge in [0.05, 0.1) is 0 Å². The van der Waals surface area contributed by atoms with E-state index in [1.165, 1.54) is 0 Å². The van der Waals surface area contributed by atoms with Gasteiger partial charge in [0, 0.05) is 10.0 Å². The van der Waals surface area contributed by atoms with E-state index in [9.17, 15) is 0 Å². The molecule has 3 nitrogen and oxygen atoms in total. The van der Waals surface area contributed by atoms with Gasteiger partial charge in [-0.05, 0) is 97.1 Å². The molecule has 0 aliphatic rings. The average Bonchev–Trinajstić information content (AvgIpc) is 2.74. The zero-order valence-corrected chi connectivity index (χ0v) is 16.7. The minimum absolute atomic E-state index is 0.672. The predicted octanol–water partition coefficient (Wildman–Crippen LogP) is 8.37. The van der Waals surface area contributed by atoms with Gasteiger partial charge < -0.3 is 14.2 Å². The van der Waals surface area contributed by atoms with E-state index in [-0.39, 0.29) is 0 Å². The fraction of sp³-hybridized carbons (Fsp3) is 0. The first-order valence-corrected chi connectivity index (χ1v) is 9.64. The molecule has 0 aliphatic carbocycles. The van der Waals surface area contributed by atoms with Crippen molar-refractivity contribution in [1.82, 2.24) is 0 Å². The SMILES string of the molecule is Clc1ccc(Oc2ccc(Oc3ccc(Oc4ccc(Cl)cc4)cc3)cc2)cc1. The Morgan fingerprint density at radius 2 is 0.483 bits per heavy atom. The van der Waals surface area contributed by atoms with Crippen LogP contribution in [0.1, 0.15) is 0 Å². The lowest BCUT2D eigenvalue weighted by Crippen LogP contribution is -1.87. The number of hydrogen-bond acceptors (Lipinski definition) is 3. The second-order valence-corrected chi connectivity index (χ2v) is 7.03. The Morgan fingerprint density at radius 1 is 0.310 bits per heavy atom. The van der Waals surface area contributed by atoms with Gasteiger partial charge in [0.25, 0.3) is 0 Å². The lowest BCUT2D eigenvalue weighted by atomic mass is 10.3. The van der Waals surface area contributed by atoms with Crippen LogP contribution in [0.5, 0.6) is 34.5 Å². The summed E-state index contributed by atoms with van der Waals surface area (Å²) >= 11 is 11.8. The Kier molecular flexibility index (Phi) is 5.89. The Hall–Kier alpha value is -3.14. The highest BCUT2D eigenvalue weighted by molar-refractivity contribution is 6.30. The maximum atomic E-state index is 5.88. The van der Waals surface area contributed by atoms with Gasteiger partial charge in [-0.15, -0.1) is 0 Å². The smallest absolute Gasteiger partial charge is 0.127 e. The minimum Gasteiger partial charge on any atom is -0.457 e. The average molecular weight is 423 g/mol. The largest absolute Gasteiger partial charge is 0.457 e. The molecular weight excluding hydrogens is 407 g/mol. The van der Waals surface area contributed by atoms with Gasteiger partial charge in [-0.1, -0.05) is 23.2 Å². The number of ether oxygens (including phenoxy) is 3. The minimum atomic E-state index is 0.672. The summed E-state index contributed by atoms with van der Waals surface area (Å²) in [6, 6.07) is 29.2. The Balaban J connectivity index is 1.36. The highest BCUT2D eigenvalue weighted by Gasteiger charge is 2.02. The van der Waals surface area contributed by atoms with E-state index in [1.807, 2.05) is 72.8 Å². The molecule has 0 unspecified atom stereocenters. The summed E-state index contributed by atoms with van der Waals surface area (Å²) in [6.45, 7) is 0. The van der Waals surface area contributed by atoms with Crippen molar-refractivity contribution in [2.75, 3.05) is 0 Å². The van der Waals surface area contributed by atoms with E-state index in [1.54, 1.807) is 24.3 Å². The van der Waals surface area contributed by atoms with Crippen molar-refractivity contribution >= 4 is 23.2 Å². The monoisotopic (exact) mass is 422 g/mol. The maximum absolute atomic E-state index is 5.88. The van der Waals surface area contributed by atoms with Crippen LogP contribution in [-0.2, 0) is 0 Å². The summed E-state index contributed by atoms with van der Waals surface area (Å²) in [5.41, 5.74) is 0. The molecule has 0 saturated carbocycles. The first-order valence-electron chi connectivity index (χ1n) is 8.89. The van der Waals surface area contributed by atoms with Crippen molar-refractivity contribution in [2.45, 2.75) is 0 Å². The van der Waals surface area contributed by atoms with E-state index < -0.39 is 0 Å². The molecule has 0 N–H and O–H groups in total. The van der Waals surface area contributed by atoms with Gasteiger partial charge in [-0.2, -0.15) is 0 Å². The number of halogens is 2. The van der Waals surface area contributed by atoms with Gasteiger partial charge in [-0.3, -0.25) is 0 Å². The molecule has 0 radical (unpaired) electrons. The summed E-state index contributed by atoms with van der Waals surface area (Å²) in [7, 11) is 0. The van der Waals surface area contributed by atoms with E-state index in [2.05, 4.69) is 0 Å². The molecule has 4 aromatic carbocycles. The van der Waals surface area contributed by atoms with Crippen LogP contribution in [-0.4, -0.2) is 0 Å². The van der Waals surface area contributed by atoms with Crippen molar-refractivity contribution in [3.05, 3.63) is 107 Å². The van der Waals surface area contributed by atoms with Crippen LogP contribution in [0.4, 0.5) is 0 Å². The highest BCUT2D eigenvalue weighted by atomic mass is 35.5. The second kappa shape index (κ2) is 8.91. The standard InChI is InChI=1S/C24H16Cl2O3/c25-17-1-5-19(6-2-17)27-21-9-13-23(14-10-21)29-24-15-11-22(12-16-24)28-20-7-3-18(26)4-8-20/h1-16H. The van der Waals surface area contributed by atoms with Gasteiger partial charge in [-0.25, -0.2) is 0 Å². The molecule has 4 rings (SSSR count). The molecule has 29 heavy (non-hydrogen) atoms. The molecule has 0 spiro atoms. The van der Waals surface area contributed by atoms with Crippen molar-refractivity contribution in [2.24, 2.45) is 0 Å². The molecular formula is C24H16Cl2O3. The second-order valence-electron chi connectivity index (χ2n) is 6.16. The Labute approximate surface area is 179 Å². The van der Waals surface area contributed by atoms with E-state index in [0.29, 0.717) is 33.0 Å². The molecule has 0 amide bonds. The summed E-state index contributed by atoms with van der Waals surface area (Å²) < 4.78 is 17.4. The third kappa shape index (κ3) is 5.44. The third-order valence-electron chi connectivity index (χ3n) is 3.98. The zero-order valence-electron chi connectivity index (χ0n) is 15.2. The van der Waals surface area contributed by atoms with Crippen molar-refractivity contribution in [3.63, 3.8) is 0 Å². The maximum Gasteiger partial charge on any atom is 0.127 e. The van der Waals surface area contributed by atoms with E-state index in [0.717, 1.165) is 11.5 Å². The van der Waals surface area contributed by atoms with Crippen molar-refractivity contribution < 1.29 is 14.2 Å². The molecule has 0 heterocycles. The molecule has 0 bridgehead atoms. The third-order valence-corrected chi connectivity index (χ3v) is 4.49. The highest BCUT2D eigenvalue weighted by Crippen LogP contribution is 2.29. The summed E-state index contributed by atoms with van der Waals surface area (Å²) in [5, 5.41) is 1.34. The molecule has 144 valence electrons. The van der Waals surface area contributed by atoms with Crippen LogP contribution in [0.2, 0.25) is 10.0 Å². The van der Waals surface area contributed by atoms with Gasteiger partial charge in [0.2, 0.25) is 0 Å². The summed E-state index contributed by atoms with van der Waals surface area (Å²) in [5.74, 6) is 4.29. The van der Waals surface area contributed by atoms with Crippen molar-refractivity contribution in [1.29, 1.82) is 0 Å². The number of rotatable bonds is 6. The fourth-order valence-electron chi connectivity index (χ4n) is 2.56. The molecule has 0 aromatic heterocycles. The van der Waals surface area contributed by atoms with Gasteiger partial charge in [0.1, 0.15) is 34.5 Å².